The largest absolute Gasteiger partial charge is 0.493 e. The highest BCUT2D eigenvalue weighted by atomic mass is 16.5. The van der Waals surface area contributed by atoms with Crippen molar-refractivity contribution in [2.75, 3.05) is 26.7 Å². The molecule has 2 aromatic carbocycles. The van der Waals surface area contributed by atoms with Crippen molar-refractivity contribution in [2.24, 2.45) is 0 Å². The van der Waals surface area contributed by atoms with Crippen LogP contribution in [0, 0.1) is 0 Å². The maximum atomic E-state index is 13.9. The van der Waals surface area contributed by atoms with Crippen molar-refractivity contribution in [3.63, 3.8) is 0 Å². The first kappa shape index (κ1) is 24.2. The Morgan fingerprint density at radius 1 is 1.14 bits per heavy atom. The number of rotatable bonds is 7. The molecule has 0 radical (unpaired) electrons. The van der Waals surface area contributed by atoms with Crippen molar-refractivity contribution in [1.29, 1.82) is 0 Å². The van der Waals surface area contributed by atoms with Gasteiger partial charge in [-0.3, -0.25) is 9.59 Å². The van der Waals surface area contributed by atoms with Gasteiger partial charge in [0.2, 0.25) is 5.91 Å². The van der Waals surface area contributed by atoms with Crippen LogP contribution >= 0.6 is 0 Å². The zero-order chi connectivity index (χ0) is 25.6. The summed E-state index contributed by atoms with van der Waals surface area (Å²) in [6.07, 6.45) is 1.87. The van der Waals surface area contributed by atoms with Gasteiger partial charge in [-0.2, -0.15) is 0 Å². The number of carbonyl (C=O) groups excluding carboxylic acids is 2. The van der Waals surface area contributed by atoms with Crippen LogP contribution < -0.4 is 9.47 Å². The molecule has 0 bridgehead atoms. The predicted octanol–water partition coefficient (Wildman–Crippen LogP) is 4.80. The molecule has 3 heterocycles. The molecule has 0 aliphatic carbocycles. The van der Waals surface area contributed by atoms with Gasteiger partial charge >= 0.3 is 0 Å². The Hall–Kier alpha value is -3.48. The average Bonchev–Trinajstić information content (AvgIpc) is 3.26. The van der Waals surface area contributed by atoms with E-state index in [1.54, 1.807) is 16.9 Å². The Morgan fingerprint density at radius 2 is 1.92 bits per heavy atom. The average molecular weight is 490 g/mol. The molecule has 36 heavy (non-hydrogen) atoms. The number of amides is 2. The number of nitrogens with zero attached hydrogens (tertiary/aromatic N) is 2. The Balaban J connectivity index is 1.67. The van der Waals surface area contributed by atoms with E-state index in [0.717, 1.165) is 40.6 Å². The molecule has 0 spiro atoms. The number of H-pyrrole nitrogens is 1. The van der Waals surface area contributed by atoms with Gasteiger partial charge in [0, 0.05) is 29.9 Å². The highest BCUT2D eigenvalue weighted by Gasteiger charge is 2.56. The summed E-state index contributed by atoms with van der Waals surface area (Å²) >= 11 is 0. The quantitative estimate of drug-likeness (QED) is 0.518. The first-order valence-electron chi connectivity index (χ1n) is 12.8. The SMILES string of the molecule is CCCCN1CC(=O)N2CC(c3ccc(OC(C)C)c(OC)c3)c3c([nH]c4ccccc34)[C@@]2(C)C1=O. The standard InChI is InChI=1S/C29H35N3O4/c1-6-7-14-31-17-25(33)32-16-21(19-12-13-23(36-18(2)3)24(15-19)35-5)26-20-10-8-9-11-22(20)30-27(26)29(32,4)28(31)34/h8-13,15,18,21,30H,6-7,14,16-17H2,1-5H3/t21?,29-/m0/s1. The first-order valence-corrected chi connectivity index (χ1v) is 12.8. The fraction of sp³-hybridized carbons (Fsp3) is 0.448. The number of para-hydroxylation sites is 1. The van der Waals surface area contributed by atoms with E-state index >= 15 is 0 Å². The summed E-state index contributed by atoms with van der Waals surface area (Å²) in [4.78, 5) is 34.5. The molecule has 190 valence electrons. The number of fused-ring (bicyclic) bond motifs is 5. The van der Waals surface area contributed by atoms with Crippen molar-refractivity contribution in [3.05, 3.63) is 59.3 Å². The van der Waals surface area contributed by atoms with Gasteiger partial charge in [-0.1, -0.05) is 37.6 Å². The van der Waals surface area contributed by atoms with Crippen LogP contribution in [0.1, 0.15) is 63.3 Å². The third-order valence-corrected chi connectivity index (χ3v) is 7.55. The second kappa shape index (κ2) is 9.19. The fourth-order valence-corrected chi connectivity index (χ4v) is 5.76. The number of hydrogen-bond donors (Lipinski definition) is 1. The summed E-state index contributed by atoms with van der Waals surface area (Å²) in [6.45, 7) is 9.10. The van der Waals surface area contributed by atoms with E-state index in [4.69, 9.17) is 9.47 Å². The molecule has 2 atom stereocenters. The van der Waals surface area contributed by atoms with Gasteiger partial charge in [0.15, 0.2) is 17.0 Å². The normalized spacial score (nSPS) is 21.7. The molecule has 0 saturated carbocycles. The Labute approximate surface area is 212 Å². The number of aromatic amines is 1. The molecule has 7 nitrogen and oxygen atoms in total. The van der Waals surface area contributed by atoms with E-state index in [-0.39, 0.29) is 30.4 Å². The van der Waals surface area contributed by atoms with Crippen LogP contribution in [0.15, 0.2) is 42.5 Å². The maximum absolute atomic E-state index is 13.9. The van der Waals surface area contributed by atoms with Crippen LogP contribution in [0.4, 0.5) is 0 Å². The van der Waals surface area contributed by atoms with E-state index in [9.17, 15) is 9.59 Å². The second-order valence-corrected chi connectivity index (χ2v) is 10.2. The summed E-state index contributed by atoms with van der Waals surface area (Å²) in [5.41, 5.74) is 2.79. The monoisotopic (exact) mass is 489 g/mol. The van der Waals surface area contributed by atoms with Crippen molar-refractivity contribution in [2.45, 2.75) is 58.1 Å². The number of piperazine rings is 1. The molecule has 5 rings (SSSR count). The number of carbonyl (C=O) groups is 2. The summed E-state index contributed by atoms with van der Waals surface area (Å²) in [5, 5.41) is 1.07. The smallest absolute Gasteiger partial charge is 0.254 e. The topological polar surface area (TPSA) is 74.9 Å². The number of unbranched alkanes of at least 4 members (excludes halogenated alkanes) is 1. The number of methoxy groups -OCH3 is 1. The highest BCUT2D eigenvalue weighted by Crippen LogP contribution is 2.49. The van der Waals surface area contributed by atoms with Gasteiger partial charge < -0.3 is 24.3 Å². The van der Waals surface area contributed by atoms with Gasteiger partial charge in [0.1, 0.15) is 0 Å². The molecule has 7 heteroatoms. The number of hydrogen-bond acceptors (Lipinski definition) is 4. The molecule has 1 unspecified atom stereocenters. The minimum Gasteiger partial charge on any atom is -0.493 e. The van der Waals surface area contributed by atoms with Crippen LogP contribution in [0.25, 0.3) is 10.9 Å². The lowest BCUT2D eigenvalue weighted by Gasteiger charge is -2.51. The summed E-state index contributed by atoms with van der Waals surface area (Å²) in [6, 6.07) is 14.1. The molecular formula is C29H35N3O4. The minimum absolute atomic E-state index is 0.0138. The lowest BCUT2D eigenvalue weighted by molar-refractivity contribution is -0.166. The van der Waals surface area contributed by atoms with Crippen LogP contribution in [0.3, 0.4) is 0 Å². The van der Waals surface area contributed by atoms with E-state index in [1.165, 1.54) is 0 Å². The molecule has 1 fully saturated rings. The van der Waals surface area contributed by atoms with Crippen LogP contribution in [0.5, 0.6) is 11.5 Å². The summed E-state index contributed by atoms with van der Waals surface area (Å²) in [7, 11) is 1.64. The van der Waals surface area contributed by atoms with E-state index in [0.29, 0.717) is 24.6 Å². The molecule has 1 N–H and O–H groups in total. The van der Waals surface area contributed by atoms with E-state index in [1.807, 2.05) is 57.2 Å². The number of nitrogens with one attached hydrogen (secondary N) is 1. The molecule has 1 saturated heterocycles. The molecule has 2 aliphatic heterocycles. The molecule has 2 amide bonds. The fourth-order valence-electron chi connectivity index (χ4n) is 5.76. The Kier molecular flexibility index (Phi) is 6.18. The van der Waals surface area contributed by atoms with Crippen molar-refractivity contribution < 1.29 is 19.1 Å². The summed E-state index contributed by atoms with van der Waals surface area (Å²) in [5.74, 6) is 1.19. The van der Waals surface area contributed by atoms with Crippen LogP contribution in [0.2, 0.25) is 0 Å². The first-order chi connectivity index (χ1) is 17.3. The van der Waals surface area contributed by atoms with Crippen molar-refractivity contribution in [1.82, 2.24) is 14.8 Å². The molecule has 1 aromatic heterocycles. The molecular weight excluding hydrogens is 454 g/mol. The zero-order valence-corrected chi connectivity index (χ0v) is 21.8. The predicted molar refractivity (Wildman–Crippen MR) is 139 cm³/mol. The number of aromatic nitrogens is 1. The number of benzene rings is 2. The third kappa shape index (κ3) is 3.72. The van der Waals surface area contributed by atoms with E-state index in [2.05, 4.69) is 18.0 Å². The minimum atomic E-state index is -1.07. The van der Waals surface area contributed by atoms with Gasteiger partial charge in [-0.05, 0) is 56.5 Å². The molecule has 3 aromatic rings. The van der Waals surface area contributed by atoms with Crippen molar-refractivity contribution >= 4 is 22.7 Å². The van der Waals surface area contributed by atoms with Crippen LogP contribution in [-0.4, -0.2) is 59.4 Å². The maximum Gasteiger partial charge on any atom is 0.254 e. The Bertz CT molecular complexity index is 1310. The molecule has 2 aliphatic rings. The highest BCUT2D eigenvalue weighted by molar-refractivity contribution is 6.01. The van der Waals surface area contributed by atoms with Crippen LogP contribution in [-0.2, 0) is 15.1 Å². The second-order valence-electron chi connectivity index (χ2n) is 10.2. The van der Waals surface area contributed by atoms with Crippen molar-refractivity contribution in [3.8, 4) is 11.5 Å². The van der Waals surface area contributed by atoms with Gasteiger partial charge in [-0.15, -0.1) is 0 Å². The third-order valence-electron chi connectivity index (χ3n) is 7.55. The van der Waals surface area contributed by atoms with Gasteiger partial charge in [0.05, 0.1) is 25.5 Å². The summed E-state index contributed by atoms with van der Waals surface area (Å²) < 4.78 is 11.6. The Morgan fingerprint density at radius 3 is 2.64 bits per heavy atom. The van der Waals surface area contributed by atoms with Gasteiger partial charge in [0.25, 0.3) is 5.91 Å². The van der Waals surface area contributed by atoms with E-state index < -0.39 is 5.54 Å². The van der Waals surface area contributed by atoms with Gasteiger partial charge in [-0.25, -0.2) is 0 Å². The lowest BCUT2D eigenvalue weighted by Crippen LogP contribution is -2.67. The lowest BCUT2D eigenvalue weighted by atomic mass is 9.76. The zero-order valence-electron chi connectivity index (χ0n) is 21.8. The number of ether oxygens (including phenoxy) is 2.